The molecule has 0 amide bonds. The fraction of sp³-hybridized carbons (Fsp3) is 1.00. The molecular weight excluding hydrogens is 333 g/mol. The van der Waals surface area contributed by atoms with Crippen LogP contribution >= 0.6 is 0 Å². The fourth-order valence-corrected chi connectivity index (χ4v) is 9.35. The normalized spacial score (nSPS) is 53.3. The van der Waals surface area contributed by atoms with Gasteiger partial charge in [-0.2, -0.15) is 0 Å². The highest BCUT2D eigenvalue weighted by atomic mass is 19.1. The second-order valence-electron chi connectivity index (χ2n) is 11.5. The maximum absolute atomic E-state index is 14.3. The van der Waals surface area contributed by atoms with Crippen molar-refractivity contribution in [2.75, 3.05) is 6.54 Å². The van der Waals surface area contributed by atoms with Gasteiger partial charge in [0.2, 0.25) is 0 Å². The van der Waals surface area contributed by atoms with Crippen molar-refractivity contribution in [3.8, 4) is 0 Å². The van der Waals surface area contributed by atoms with Gasteiger partial charge in [0, 0.05) is 0 Å². The van der Waals surface area contributed by atoms with Crippen LogP contribution in [0.1, 0.15) is 91.9 Å². The predicted octanol–water partition coefficient (Wildman–Crippen LogP) is 6.60. The molecule has 0 spiro atoms. The van der Waals surface area contributed by atoms with E-state index in [4.69, 9.17) is 5.73 Å². The van der Waals surface area contributed by atoms with Gasteiger partial charge in [0.25, 0.3) is 0 Å². The van der Waals surface area contributed by atoms with Gasteiger partial charge in [0.05, 0.1) is 0 Å². The van der Waals surface area contributed by atoms with Crippen molar-refractivity contribution in [2.24, 2.45) is 58.0 Å². The summed E-state index contributed by atoms with van der Waals surface area (Å²) in [6.45, 7) is 10.9. The van der Waals surface area contributed by atoms with Gasteiger partial charge in [-0.25, -0.2) is 4.39 Å². The zero-order valence-corrected chi connectivity index (χ0v) is 18.4. The Bertz CT molecular complexity index is 534. The van der Waals surface area contributed by atoms with Gasteiger partial charge in [-0.15, -0.1) is 0 Å². The first-order valence-electron chi connectivity index (χ1n) is 12.2. The Labute approximate surface area is 167 Å². The number of hydrogen-bond acceptors (Lipinski definition) is 1. The molecule has 0 heterocycles. The summed E-state index contributed by atoms with van der Waals surface area (Å²) in [4.78, 5) is 0. The first-order chi connectivity index (χ1) is 12.8. The molecule has 0 aromatic heterocycles. The van der Waals surface area contributed by atoms with Gasteiger partial charge in [-0.1, -0.05) is 34.1 Å². The quantitative estimate of drug-likeness (QED) is 0.586. The second kappa shape index (κ2) is 7.29. The topological polar surface area (TPSA) is 26.0 Å². The van der Waals surface area contributed by atoms with E-state index in [1.165, 1.54) is 44.9 Å². The smallest absolute Gasteiger partial charge is 0.100 e. The molecule has 0 saturated heterocycles. The van der Waals surface area contributed by atoms with Gasteiger partial charge in [-0.05, 0) is 117 Å². The molecule has 4 fully saturated rings. The summed E-state index contributed by atoms with van der Waals surface area (Å²) in [5.41, 5.74) is 6.87. The van der Waals surface area contributed by atoms with Gasteiger partial charge < -0.3 is 5.73 Å². The molecule has 4 aliphatic carbocycles. The molecule has 2 heteroatoms. The van der Waals surface area contributed by atoms with Crippen LogP contribution in [0.3, 0.4) is 0 Å². The average Bonchev–Trinajstić information content (AvgIpc) is 2.99. The van der Waals surface area contributed by atoms with Crippen molar-refractivity contribution >= 4 is 0 Å². The van der Waals surface area contributed by atoms with Crippen LogP contribution < -0.4 is 5.73 Å². The van der Waals surface area contributed by atoms with Crippen LogP contribution in [-0.2, 0) is 0 Å². The summed E-state index contributed by atoms with van der Waals surface area (Å²) in [6.07, 6.45) is 11.8. The number of alkyl halides is 1. The molecule has 1 nitrogen and oxygen atoms in total. The molecule has 0 bridgehead atoms. The zero-order valence-electron chi connectivity index (χ0n) is 18.4. The van der Waals surface area contributed by atoms with Crippen LogP contribution in [0.2, 0.25) is 0 Å². The minimum atomic E-state index is -0.532. The highest BCUT2D eigenvalue weighted by Gasteiger charge is 2.62. The molecule has 27 heavy (non-hydrogen) atoms. The first kappa shape index (κ1) is 20.2. The van der Waals surface area contributed by atoms with E-state index in [9.17, 15) is 4.39 Å². The van der Waals surface area contributed by atoms with Crippen LogP contribution in [0.25, 0.3) is 0 Å². The van der Waals surface area contributed by atoms with Crippen molar-refractivity contribution in [1.82, 2.24) is 0 Å². The van der Waals surface area contributed by atoms with E-state index in [1.807, 2.05) is 0 Å². The van der Waals surface area contributed by atoms with E-state index in [-0.39, 0.29) is 0 Å². The van der Waals surface area contributed by atoms with Crippen LogP contribution in [-0.4, -0.2) is 12.7 Å². The SMILES string of the molecule is CC[C@H]1CC2C3CCC([C@H](C)CCN)C3(C)CC[C@@H]2C2(C)CCC(F)CC12. The van der Waals surface area contributed by atoms with E-state index >= 15 is 0 Å². The number of halogens is 1. The third kappa shape index (κ3) is 3.03. The van der Waals surface area contributed by atoms with Gasteiger partial charge in [-0.3, -0.25) is 0 Å². The van der Waals surface area contributed by atoms with E-state index < -0.39 is 6.17 Å². The number of fused-ring (bicyclic) bond motifs is 5. The Balaban J connectivity index is 1.61. The maximum Gasteiger partial charge on any atom is 0.100 e. The summed E-state index contributed by atoms with van der Waals surface area (Å²) in [7, 11) is 0. The van der Waals surface area contributed by atoms with E-state index in [0.717, 1.165) is 61.3 Å². The maximum atomic E-state index is 14.3. The molecule has 7 unspecified atom stereocenters. The Morgan fingerprint density at radius 3 is 2.37 bits per heavy atom. The van der Waals surface area contributed by atoms with Gasteiger partial charge >= 0.3 is 0 Å². The standard InChI is InChI=1S/C25H44FN/c1-5-17-14-19-21-7-6-20(16(2)10-13-27)24(21,3)12-9-22(19)25(4)11-8-18(26)15-23(17)25/h16-23H,5-15,27H2,1-4H3/t16-,17+,18?,19?,20?,21?,22+,23?,24?,25?/m1/s1. The molecule has 10 atom stereocenters. The minimum absolute atomic E-state index is 0.411. The van der Waals surface area contributed by atoms with Crippen LogP contribution in [0.15, 0.2) is 0 Å². The summed E-state index contributed by atoms with van der Waals surface area (Å²) in [5, 5.41) is 0. The summed E-state index contributed by atoms with van der Waals surface area (Å²) in [5.74, 6) is 5.73. The molecule has 0 aromatic rings. The molecule has 4 rings (SSSR count). The molecular formula is C25H44FN. The molecule has 0 radical (unpaired) electrons. The summed E-state index contributed by atoms with van der Waals surface area (Å²) in [6, 6.07) is 0. The minimum Gasteiger partial charge on any atom is -0.330 e. The highest BCUT2D eigenvalue weighted by Crippen LogP contribution is 2.69. The largest absolute Gasteiger partial charge is 0.330 e. The fourth-order valence-electron chi connectivity index (χ4n) is 9.35. The van der Waals surface area contributed by atoms with E-state index in [1.54, 1.807) is 0 Å². The highest BCUT2D eigenvalue weighted by molar-refractivity contribution is 5.11. The van der Waals surface area contributed by atoms with Gasteiger partial charge in [0.15, 0.2) is 0 Å². The number of nitrogens with two attached hydrogens (primary N) is 1. The van der Waals surface area contributed by atoms with Crippen molar-refractivity contribution in [3.63, 3.8) is 0 Å². The third-order valence-corrected chi connectivity index (χ3v) is 10.7. The lowest BCUT2D eigenvalue weighted by molar-refractivity contribution is -0.146. The van der Waals surface area contributed by atoms with Crippen molar-refractivity contribution < 1.29 is 4.39 Å². The number of hydrogen-bond donors (Lipinski definition) is 1. The van der Waals surface area contributed by atoms with Gasteiger partial charge in [0.1, 0.15) is 6.17 Å². The van der Waals surface area contributed by atoms with Crippen molar-refractivity contribution in [2.45, 2.75) is 98.1 Å². The number of rotatable bonds is 4. The predicted molar refractivity (Wildman–Crippen MR) is 112 cm³/mol. The van der Waals surface area contributed by atoms with Crippen LogP contribution in [0.5, 0.6) is 0 Å². The Morgan fingerprint density at radius 1 is 0.963 bits per heavy atom. The summed E-state index contributed by atoms with van der Waals surface area (Å²) >= 11 is 0. The summed E-state index contributed by atoms with van der Waals surface area (Å²) < 4.78 is 14.3. The molecule has 0 aromatic carbocycles. The molecule has 0 aliphatic heterocycles. The second-order valence-corrected chi connectivity index (χ2v) is 11.5. The Kier molecular flexibility index (Phi) is 5.45. The van der Waals surface area contributed by atoms with E-state index in [0.29, 0.717) is 16.7 Å². The molecule has 156 valence electrons. The van der Waals surface area contributed by atoms with Crippen LogP contribution in [0, 0.1) is 52.3 Å². The van der Waals surface area contributed by atoms with Crippen LogP contribution in [0.4, 0.5) is 4.39 Å². The third-order valence-electron chi connectivity index (χ3n) is 10.7. The van der Waals surface area contributed by atoms with E-state index in [2.05, 4.69) is 27.7 Å². The molecule has 4 saturated carbocycles. The lowest BCUT2D eigenvalue weighted by Crippen LogP contribution is -2.56. The Morgan fingerprint density at radius 2 is 1.67 bits per heavy atom. The lowest BCUT2D eigenvalue weighted by atomic mass is 9.42. The molecule has 4 aliphatic rings. The molecule has 2 N–H and O–H groups in total. The average molecular weight is 378 g/mol. The monoisotopic (exact) mass is 377 g/mol. The first-order valence-corrected chi connectivity index (χ1v) is 12.2. The van der Waals surface area contributed by atoms with Crippen molar-refractivity contribution in [1.29, 1.82) is 0 Å². The zero-order chi connectivity index (χ0) is 19.4. The van der Waals surface area contributed by atoms with Crippen molar-refractivity contribution in [3.05, 3.63) is 0 Å². The Hall–Kier alpha value is -0.110. The lowest BCUT2D eigenvalue weighted by Gasteiger charge is -2.63.